The lowest BCUT2D eigenvalue weighted by atomic mass is 10.0. The van der Waals surface area contributed by atoms with E-state index in [1.807, 2.05) is 24.3 Å². The van der Waals surface area contributed by atoms with E-state index in [2.05, 4.69) is 0 Å². The molecule has 0 aliphatic rings. The van der Waals surface area contributed by atoms with Gasteiger partial charge in [-0.3, -0.25) is 4.79 Å². The topological polar surface area (TPSA) is 56.5 Å². The molecule has 0 bridgehead atoms. The number of para-hydroxylation sites is 1. The monoisotopic (exact) mass is 304 g/mol. The standard InChI is InChI=1S/C19H12O4/c1-22-19(21)12-7-6-11-10-17-15(9-13(11)8-12)18(20)14-4-2-3-5-16(14)23-17/h2-10H,1H3. The number of carbonyl (C=O) groups is 1. The Labute approximate surface area is 130 Å². The lowest BCUT2D eigenvalue weighted by Gasteiger charge is -2.05. The molecule has 0 unspecified atom stereocenters. The number of fused-ring (bicyclic) bond motifs is 3. The SMILES string of the molecule is COC(=O)c1ccc2cc3oc4ccccc4c(=O)c3cc2c1. The van der Waals surface area contributed by atoms with Crippen LogP contribution in [-0.2, 0) is 4.74 Å². The van der Waals surface area contributed by atoms with Gasteiger partial charge in [-0.1, -0.05) is 18.2 Å². The summed E-state index contributed by atoms with van der Waals surface area (Å²) in [5.41, 5.74) is 1.47. The summed E-state index contributed by atoms with van der Waals surface area (Å²) in [5.74, 6) is -0.405. The van der Waals surface area contributed by atoms with Crippen LogP contribution in [0.2, 0.25) is 0 Å². The minimum Gasteiger partial charge on any atom is -0.465 e. The molecule has 1 heterocycles. The van der Waals surface area contributed by atoms with E-state index in [-0.39, 0.29) is 5.43 Å². The second-order valence-corrected chi connectivity index (χ2v) is 5.33. The molecule has 0 atom stereocenters. The van der Waals surface area contributed by atoms with Crippen molar-refractivity contribution >= 4 is 38.7 Å². The van der Waals surface area contributed by atoms with Crippen molar-refractivity contribution in [1.82, 2.24) is 0 Å². The van der Waals surface area contributed by atoms with Gasteiger partial charge < -0.3 is 9.15 Å². The van der Waals surface area contributed by atoms with Crippen LogP contribution in [-0.4, -0.2) is 13.1 Å². The Morgan fingerprint density at radius 2 is 1.74 bits per heavy atom. The van der Waals surface area contributed by atoms with Crippen LogP contribution in [0.5, 0.6) is 0 Å². The number of carbonyl (C=O) groups excluding carboxylic acids is 1. The van der Waals surface area contributed by atoms with Crippen molar-refractivity contribution in [3.05, 3.63) is 70.4 Å². The lowest BCUT2D eigenvalue weighted by Crippen LogP contribution is -2.03. The molecule has 1 aromatic heterocycles. The first-order valence-corrected chi connectivity index (χ1v) is 7.15. The Kier molecular flexibility index (Phi) is 2.91. The molecule has 4 aromatic rings. The van der Waals surface area contributed by atoms with Crippen molar-refractivity contribution in [1.29, 1.82) is 0 Å². The Morgan fingerprint density at radius 1 is 0.913 bits per heavy atom. The Hall–Kier alpha value is -3.14. The highest BCUT2D eigenvalue weighted by molar-refractivity contribution is 6.02. The van der Waals surface area contributed by atoms with Crippen LogP contribution in [0.4, 0.5) is 0 Å². The summed E-state index contributed by atoms with van der Waals surface area (Å²) in [6, 6.07) is 16.0. The van der Waals surface area contributed by atoms with Gasteiger partial charge >= 0.3 is 5.97 Å². The number of ether oxygens (including phenoxy) is 1. The quantitative estimate of drug-likeness (QED) is 0.395. The van der Waals surface area contributed by atoms with Gasteiger partial charge in [0.1, 0.15) is 11.2 Å². The fraction of sp³-hybridized carbons (Fsp3) is 0.0526. The predicted octanol–water partition coefficient (Wildman–Crippen LogP) is 3.89. The number of hydrogen-bond acceptors (Lipinski definition) is 4. The van der Waals surface area contributed by atoms with Crippen molar-refractivity contribution in [3.8, 4) is 0 Å². The van der Waals surface area contributed by atoms with Crippen LogP contribution >= 0.6 is 0 Å². The molecule has 0 saturated carbocycles. The van der Waals surface area contributed by atoms with Crippen molar-refractivity contribution in [2.45, 2.75) is 0 Å². The normalized spacial score (nSPS) is 11.2. The second kappa shape index (κ2) is 4.95. The molecule has 0 aliphatic heterocycles. The molecule has 0 fully saturated rings. The van der Waals surface area contributed by atoms with E-state index in [9.17, 15) is 9.59 Å². The van der Waals surface area contributed by atoms with Crippen molar-refractivity contribution < 1.29 is 13.9 Å². The average Bonchev–Trinajstić information content (AvgIpc) is 2.59. The number of hydrogen-bond donors (Lipinski definition) is 0. The molecule has 0 aliphatic carbocycles. The molecule has 0 saturated heterocycles. The molecule has 0 amide bonds. The Morgan fingerprint density at radius 3 is 2.57 bits per heavy atom. The number of benzene rings is 3. The van der Waals surface area contributed by atoms with Gasteiger partial charge in [-0.05, 0) is 47.2 Å². The minimum atomic E-state index is -0.405. The number of methoxy groups -OCH3 is 1. The van der Waals surface area contributed by atoms with E-state index in [0.717, 1.165) is 10.8 Å². The molecule has 23 heavy (non-hydrogen) atoms. The van der Waals surface area contributed by atoms with Crippen LogP contribution in [0.3, 0.4) is 0 Å². The van der Waals surface area contributed by atoms with E-state index >= 15 is 0 Å². The van der Waals surface area contributed by atoms with Gasteiger partial charge in [-0.15, -0.1) is 0 Å². The van der Waals surface area contributed by atoms with Crippen LogP contribution in [0, 0.1) is 0 Å². The predicted molar refractivity (Wildman–Crippen MR) is 88.8 cm³/mol. The molecule has 3 aromatic carbocycles. The highest BCUT2D eigenvalue weighted by Gasteiger charge is 2.11. The molecular weight excluding hydrogens is 292 g/mol. The second-order valence-electron chi connectivity index (χ2n) is 5.33. The van der Waals surface area contributed by atoms with Gasteiger partial charge in [-0.2, -0.15) is 0 Å². The summed E-state index contributed by atoms with van der Waals surface area (Å²) in [7, 11) is 1.34. The Bertz CT molecular complexity index is 1140. The van der Waals surface area contributed by atoms with Gasteiger partial charge in [-0.25, -0.2) is 4.79 Å². The molecule has 4 nitrogen and oxygen atoms in total. The average molecular weight is 304 g/mol. The third-order valence-corrected chi connectivity index (χ3v) is 3.96. The van der Waals surface area contributed by atoms with E-state index in [4.69, 9.17) is 9.15 Å². The first-order chi connectivity index (χ1) is 11.2. The van der Waals surface area contributed by atoms with Crippen molar-refractivity contribution in [2.75, 3.05) is 7.11 Å². The molecule has 0 N–H and O–H groups in total. The third-order valence-electron chi connectivity index (χ3n) is 3.96. The lowest BCUT2D eigenvalue weighted by molar-refractivity contribution is 0.0601. The maximum atomic E-state index is 12.7. The minimum absolute atomic E-state index is 0.0766. The number of esters is 1. The van der Waals surface area contributed by atoms with Gasteiger partial charge in [0.15, 0.2) is 0 Å². The highest BCUT2D eigenvalue weighted by atomic mass is 16.5. The first kappa shape index (κ1) is 13.5. The molecule has 4 heteroatoms. The maximum absolute atomic E-state index is 12.7. The summed E-state index contributed by atoms with van der Waals surface area (Å²) in [5, 5.41) is 2.73. The van der Waals surface area contributed by atoms with Crippen molar-refractivity contribution in [3.63, 3.8) is 0 Å². The van der Waals surface area contributed by atoms with Crippen LogP contribution < -0.4 is 5.43 Å². The van der Waals surface area contributed by atoms with Crippen LogP contribution in [0.1, 0.15) is 10.4 Å². The molecule has 0 spiro atoms. The summed E-state index contributed by atoms with van der Waals surface area (Å²) in [6.07, 6.45) is 0. The van der Waals surface area contributed by atoms with Crippen LogP contribution in [0.15, 0.2) is 63.8 Å². The summed E-state index contributed by atoms with van der Waals surface area (Å²) in [6.45, 7) is 0. The van der Waals surface area contributed by atoms with E-state index in [0.29, 0.717) is 27.5 Å². The fourth-order valence-corrected chi connectivity index (χ4v) is 2.79. The van der Waals surface area contributed by atoms with E-state index in [1.54, 1.807) is 30.3 Å². The van der Waals surface area contributed by atoms with Gasteiger partial charge in [0.2, 0.25) is 5.43 Å². The summed E-state index contributed by atoms with van der Waals surface area (Å²) >= 11 is 0. The third kappa shape index (κ3) is 2.07. The van der Waals surface area contributed by atoms with Gasteiger partial charge in [0, 0.05) is 0 Å². The Balaban J connectivity index is 2.09. The highest BCUT2D eigenvalue weighted by Crippen LogP contribution is 2.25. The smallest absolute Gasteiger partial charge is 0.337 e. The van der Waals surface area contributed by atoms with E-state index in [1.165, 1.54) is 7.11 Å². The number of rotatable bonds is 1. The molecule has 4 rings (SSSR count). The zero-order valence-corrected chi connectivity index (χ0v) is 12.3. The summed E-state index contributed by atoms with van der Waals surface area (Å²) in [4.78, 5) is 24.3. The molecule has 112 valence electrons. The van der Waals surface area contributed by atoms with Crippen molar-refractivity contribution in [2.24, 2.45) is 0 Å². The molecular formula is C19H12O4. The first-order valence-electron chi connectivity index (χ1n) is 7.15. The van der Waals surface area contributed by atoms with Gasteiger partial charge in [0.05, 0.1) is 23.4 Å². The zero-order chi connectivity index (χ0) is 16.0. The molecule has 0 radical (unpaired) electrons. The van der Waals surface area contributed by atoms with E-state index < -0.39 is 5.97 Å². The maximum Gasteiger partial charge on any atom is 0.337 e. The largest absolute Gasteiger partial charge is 0.465 e. The zero-order valence-electron chi connectivity index (χ0n) is 12.3. The van der Waals surface area contributed by atoms with Gasteiger partial charge in [0.25, 0.3) is 0 Å². The fourth-order valence-electron chi connectivity index (χ4n) is 2.79. The summed E-state index contributed by atoms with van der Waals surface area (Å²) < 4.78 is 10.6. The van der Waals surface area contributed by atoms with Crippen LogP contribution in [0.25, 0.3) is 32.7 Å².